The van der Waals surface area contributed by atoms with Crippen LogP contribution in [0.3, 0.4) is 0 Å². The fraction of sp³-hybridized carbons (Fsp3) is 0.0566. The first-order valence-corrected chi connectivity index (χ1v) is 19.8. The highest BCUT2D eigenvalue weighted by Crippen LogP contribution is 2.50. The van der Waals surface area contributed by atoms with Crippen molar-refractivity contribution in [1.82, 2.24) is 9.13 Å². The number of hydrogen-bond donors (Lipinski definition) is 0. The quantitative estimate of drug-likeness (QED) is 0.179. The molecule has 282 valence electrons. The van der Waals surface area contributed by atoms with Gasteiger partial charge < -0.3 is 9.13 Å². The molecule has 2 aliphatic rings. The normalized spacial score (nSPS) is 12.8. The average Bonchev–Trinajstić information content (AvgIpc) is 4.02. The van der Waals surface area contributed by atoms with E-state index in [1.165, 1.54) is 23.3 Å². The molecular formula is C53H29F3N4. The lowest BCUT2D eigenvalue weighted by Crippen LogP contribution is -2.10. The molecule has 0 aliphatic heterocycles. The highest BCUT2D eigenvalue weighted by Gasteiger charge is 2.35. The van der Waals surface area contributed by atoms with Gasteiger partial charge in [-0.05, 0) is 93.7 Å². The molecule has 10 aromatic rings. The van der Waals surface area contributed by atoms with Crippen LogP contribution < -0.4 is 0 Å². The number of nitriles is 2. The van der Waals surface area contributed by atoms with Crippen molar-refractivity contribution in [2.24, 2.45) is 0 Å². The Balaban J connectivity index is 1.29. The van der Waals surface area contributed by atoms with E-state index in [0.717, 1.165) is 95.9 Å². The predicted molar refractivity (Wildman–Crippen MR) is 231 cm³/mol. The Hall–Kier alpha value is -7.87. The lowest BCUT2D eigenvalue weighted by Gasteiger charge is -2.21. The molecule has 2 aromatic heterocycles. The topological polar surface area (TPSA) is 57.4 Å². The van der Waals surface area contributed by atoms with E-state index in [4.69, 9.17) is 0 Å². The maximum atomic E-state index is 15.2. The summed E-state index contributed by atoms with van der Waals surface area (Å²) < 4.78 is 49.8. The minimum atomic E-state index is -4.77. The minimum absolute atomic E-state index is 0.0822. The van der Waals surface area contributed by atoms with Gasteiger partial charge in [-0.3, -0.25) is 0 Å². The van der Waals surface area contributed by atoms with Crippen LogP contribution in [0.25, 0.3) is 88.4 Å². The standard InChI is InChI=1S/C53H29F3N4/c54-53(55,56)44-23-30(28-57)17-20-36(44)35-26-47(59-45-15-7-5-13-39(45)41-21-18-33-24-31-9-1-3-11-37(31)49(33)51(41)59)43(29-58)48(27-35)60-46-16-8-6-14-40(46)42-22-19-34-25-32-10-2-4-12-38(32)50(34)52(42)60/h1-23,26-27H,24-25H2. The van der Waals surface area contributed by atoms with Gasteiger partial charge in [0.2, 0.25) is 0 Å². The number of para-hydroxylation sites is 2. The fourth-order valence-corrected chi connectivity index (χ4v) is 10.2. The van der Waals surface area contributed by atoms with Gasteiger partial charge in [-0.25, -0.2) is 0 Å². The Kier molecular flexibility index (Phi) is 7.02. The monoisotopic (exact) mass is 778 g/mol. The number of hydrogen-bond acceptors (Lipinski definition) is 2. The average molecular weight is 779 g/mol. The van der Waals surface area contributed by atoms with Crippen molar-refractivity contribution in [3.8, 4) is 56.9 Å². The third kappa shape index (κ3) is 4.66. The molecule has 0 bridgehead atoms. The molecule has 0 spiro atoms. The van der Waals surface area contributed by atoms with E-state index >= 15 is 13.2 Å². The first-order chi connectivity index (χ1) is 29.3. The largest absolute Gasteiger partial charge is 0.417 e. The highest BCUT2D eigenvalue weighted by atomic mass is 19.4. The van der Waals surface area contributed by atoms with Crippen LogP contribution in [0, 0.1) is 22.7 Å². The van der Waals surface area contributed by atoms with Crippen LogP contribution in [0.2, 0.25) is 0 Å². The number of nitrogens with zero attached hydrogens (tertiary/aromatic N) is 4. The molecule has 0 saturated carbocycles. The second kappa shape index (κ2) is 12.3. The molecule has 7 heteroatoms. The van der Waals surface area contributed by atoms with Crippen molar-refractivity contribution in [1.29, 1.82) is 10.5 Å². The fourth-order valence-electron chi connectivity index (χ4n) is 10.2. The van der Waals surface area contributed by atoms with Gasteiger partial charge in [-0.15, -0.1) is 0 Å². The summed E-state index contributed by atoms with van der Waals surface area (Å²) in [5.74, 6) is 0. The first-order valence-electron chi connectivity index (χ1n) is 19.8. The summed E-state index contributed by atoms with van der Waals surface area (Å²) in [7, 11) is 0. The van der Waals surface area contributed by atoms with Gasteiger partial charge in [0, 0.05) is 32.7 Å². The third-order valence-corrected chi connectivity index (χ3v) is 12.6. The summed E-state index contributed by atoms with van der Waals surface area (Å²) in [6, 6.07) is 53.0. The number of rotatable bonds is 3. The summed E-state index contributed by atoms with van der Waals surface area (Å²) in [6.07, 6.45) is -3.29. The maximum Gasteiger partial charge on any atom is 0.417 e. The highest BCUT2D eigenvalue weighted by molar-refractivity contribution is 6.17. The van der Waals surface area contributed by atoms with Crippen molar-refractivity contribution in [3.05, 3.63) is 191 Å². The summed E-state index contributed by atoms with van der Waals surface area (Å²) in [5, 5.41) is 25.2. The van der Waals surface area contributed by atoms with E-state index in [2.05, 4.69) is 75.9 Å². The Morgan fingerprint density at radius 2 is 0.967 bits per heavy atom. The molecule has 0 amide bonds. The van der Waals surface area contributed by atoms with Gasteiger partial charge >= 0.3 is 6.18 Å². The van der Waals surface area contributed by atoms with Crippen LogP contribution in [0.1, 0.15) is 38.9 Å². The van der Waals surface area contributed by atoms with Crippen LogP contribution in [-0.4, -0.2) is 9.13 Å². The molecule has 0 fully saturated rings. The number of aromatic nitrogens is 2. The number of halogens is 3. The number of alkyl halides is 3. The maximum absolute atomic E-state index is 15.2. The molecule has 0 atom stereocenters. The Bertz CT molecular complexity index is 3430. The molecule has 0 saturated heterocycles. The second-order valence-electron chi connectivity index (χ2n) is 15.7. The lowest BCUT2D eigenvalue weighted by atomic mass is 9.94. The van der Waals surface area contributed by atoms with Crippen LogP contribution in [0.15, 0.2) is 152 Å². The zero-order valence-corrected chi connectivity index (χ0v) is 31.8. The van der Waals surface area contributed by atoms with Gasteiger partial charge in [0.05, 0.1) is 50.6 Å². The summed E-state index contributed by atoms with van der Waals surface area (Å²) in [5.41, 5.74) is 12.9. The van der Waals surface area contributed by atoms with Crippen LogP contribution in [0.4, 0.5) is 13.2 Å². The van der Waals surface area contributed by atoms with Gasteiger partial charge in [0.15, 0.2) is 0 Å². The minimum Gasteiger partial charge on any atom is -0.307 e. The van der Waals surface area contributed by atoms with E-state index in [0.29, 0.717) is 16.9 Å². The first kappa shape index (κ1) is 34.2. The Labute approximate surface area is 341 Å². The zero-order valence-electron chi connectivity index (χ0n) is 31.8. The molecule has 12 rings (SSSR count). The summed E-state index contributed by atoms with van der Waals surface area (Å²) in [4.78, 5) is 0. The Morgan fingerprint density at radius 1 is 0.467 bits per heavy atom. The molecule has 2 aliphatic carbocycles. The molecule has 8 aromatic carbocycles. The Morgan fingerprint density at radius 3 is 1.47 bits per heavy atom. The van der Waals surface area contributed by atoms with Crippen LogP contribution in [0.5, 0.6) is 0 Å². The molecule has 2 heterocycles. The van der Waals surface area contributed by atoms with Crippen molar-refractivity contribution < 1.29 is 13.2 Å². The van der Waals surface area contributed by atoms with Crippen molar-refractivity contribution in [2.75, 3.05) is 0 Å². The summed E-state index contributed by atoms with van der Waals surface area (Å²) in [6.45, 7) is 0. The summed E-state index contributed by atoms with van der Waals surface area (Å²) >= 11 is 0. The molecule has 0 radical (unpaired) electrons. The van der Waals surface area contributed by atoms with E-state index in [9.17, 15) is 10.5 Å². The van der Waals surface area contributed by atoms with Crippen LogP contribution in [-0.2, 0) is 19.0 Å². The van der Waals surface area contributed by atoms with E-state index in [1.54, 1.807) is 12.1 Å². The van der Waals surface area contributed by atoms with Gasteiger partial charge in [0.25, 0.3) is 0 Å². The van der Waals surface area contributed by atoms with Gasteiger partial charge in [-0.1, -0.05) is 115 Å². The van der Waals surface area contributed by atoms with Crippen molar-refractivity contribution >= 4 is 43.6 Å². The van der Waals surface area contributed by atoms with Crippen molar-refractivity contribution in [3.63, 3.8) is 0 Å². The molecule has 60 heavy (non-hydrogen) atoms. The van der Waals surface area contributed by atoms with E-state index in [-0.39, 0.29) is 16.7 Å². The van der Waals surface area contributed by atoms with E-state index < -0.39 is 11.7 Å². The van der Waals surface area contributed by atoms with Crippen molar-refractivity contribution in [2.45, 2.75) is 19.0 Å². The number of benzene rings is 8. The zero-order chi connectivity index (χ0) is 40.4. The van der Waals surface area contributed by atoms with Crippen LogP contribution >= 0.6 is 0 Å². The predicted octanol–water partition coefficient (Wildman–Crippen LogP) is 13.5. The molecular weight excluding hydrogens is 750 g/mol. The van der Waals surface area contributed by atoms with Gasteiger partial charge in [-0.2, -0.15) is 23.7 Å². The van der Waals surface area contributed by atoms with E-state index in [1.807, 2.05) is 66.7 Å². The lowest BCUT2D eigenvalue weighted by molar-refractivity contribution is -0.137. The van der Waals surface area contributed by atoms with Gasteiger partial charge in [0.1, 0.15) is 11.6 Å². The molecule has 0 unspecified atom stereocenters. The molecule has 4 nitrogen and oxygen atoms in total. The molecule has 0 N–H and O–H groups in total. The second-order valence-corrected chi connectivity index (χ2v) is 15.7. The SMILES string of the molecule is N#Cc1ccc(-c2cc(-n3c4ccccc4c4ccc5c(c43)-c3ccccc3C5)c(C#N)c(-n3c4ccccc4c4ccc5c(c43)-c3ccccc3C5)c2)c(C(F)(F)F)c1. The number of fused-ring (bicyclic) bond motifs is 14. The third-order valence-electron chi connectivity index (χ3n) is 12.6. The smallest absolute Gasteiger partial charge is 0.307 e.